The lowest BCUT2D eigenvalue weighted by atomic mass is 10.3. The van der Waals surface area contributed by atoms with Gasteiger partial charge in [0.15, 0.2) is 5.96 Å². The van der Waals surface area contributed by atoms with Crippen LogP contribution >= 0.6 is 62.6 Å². The average molecular weight is 472 g/mol. The maximum absolute atomic E-state index is 5.81. The van der Waals surface area contributed by atoms with E-state index in [-0.39, 0.29) is 24.0 Å². The Labute approximate surface area is 146 Å². The van der Waals surface area contributed by atoms with Gasteiger partial charge in [-0.1, -0.05) is 6.07 Å². The Morgan fingerprint density at radius 1 is 1.32 bits per heavy atom. The molecule has 0 amide bonds. The van der Waals surface area contributed by atoms with Gasteiger partial charge < -0.3 is 11.1 Å². The molecule has 2 rings (SSSR count). The Morgan fingerprint density at radius 2 is 2.16 bits per heavy atom. The van der Waals surface area contributed by atoms with Crippen LogP contribution in [0.25, 0.3) is 0 Å². The zero-order chi connectivity index (χ0) is 12.8. The number of nitrogens with zero attached hydrogens (tertiary/aromatic N) is 1. The van der Waals surface area contributed by atoms with Gasteiger partial charge in [0.05, 0.1) is 6.54 Å². The molecule has 0 saturated carbocycles. The minimum Gasteiger partial charge on any atom is -0.370 e. The Balaban J connectivity index is 0.00000180. The Kier molecular flexibility index (Phi) is 7.96. The van der Waals surface area contributed by atoms with Crippen LogP contribution in [0.1, 0.15) is 9.75 Å². The van der Waals surface area contributed by atoms with Gasteiger partial charge in [0, 0.05) is 20.8 Å². The molecule has 0 aliphatic heterocycles. The van der Waals surface area contributed by atoms with E-state index in [1.54, 1.807) is 22.7 Å². The second kappa shape index (κ2) is 8.93. The molecular weight excluding hydrogens is 457 g/mol. The zero-order valence-electron chi connectivity index (χ0n) is 10.1. The number of halogens is 2. The summed E-state index contributed by atoms with van der Waals surface area (Å²) in [6.45, 7) is 1.44. The van der Waals surface area contributed by atoms with E-state index in [0.29, 0.717) is 12.5 Å². The summed E-state index contributed by atoms with van der Waals surface area (Å²) in [4.78, 5) is 6.86. The summed E-state index contributed by atoms with van der Waals surface area (Å²) in [6, 6.07) is 6.21. The van der Waals surface area contributed by atoms with Gasteiger partial charge in [0.25, 0.3) is 0 Å². The third-order valence-electron chi connectivity index (χ3n) is 2.34. The lowest BCUT2D eigenvalue weighted by Crippen LogP contribution is -2.33. The molecule has 0 aliphatic carbocycles. The van der Waals surface area contributed by atoms with Crippen LogP contribution in [0.15, 0.2) is 38.4 Å². The van der Waals surface area contributed by atoms with Gasteiger partial charge in [-0.15, -0.1) is 46.7 Å². The highest BCUT2D eigenvalue weighted by Gasteiger charge is 2.00. The maximum Gasteiger partial charge on any atom is 0.188 e. The average Bonchev–Trinajstić information content (AvgIpc) is 2.98. The monoisotopic (exact) mass is 471 g/mol. The molecule has 3 nitrogen and oxygen atoms in total. The van der Waals surface area contributed by atoms with Gasteiger partial charge in [-0.05, 0) is 45.2 Å². The molecular formula is C12H15BrIN3S2. The molecule has 0 bridgehead atoms. The molecule has 2 aromatic rings. The normalized spacial score (nSPS) is 11.1. The number of hydrogen-bond acceptors (Lipinski definition) is 3. The fourth-order valence-electron chi connectivity index (χ4n) is 1.42. The van der Waals surface area contributed by atoms with E-state index >= 15 is 0 Å². The van der Waals surface area contributed by atoms with Crippen molar-refractivity contribution in [1.82, 2.24) is 5.32 Å². The number of nitrogens with one attached hydrogen (secondary N) is 1. The third kappa shape index (κ3) is 5.80. The van der Waals surface area contributed by atoms with Crippen molar-refractivity contribution in [3.05, 3.63) is 43.2 Å². The Hall–Kier alpha value is -0.120. The molecule has 0 fully saturated rings. The van der Waals surface area contributed by atoms with E-state index in [9.17, 15) is 0 Å². The molecule has 0 unspecified atom stereocenters. The summed E-state index contributed by atoms with van der Waals surface area (Å²) in [5, 5.41) is 7.25. The summed E-state index contributed by atoms with van der Waals surface area (Å²) < 4.78 is 1.10. The van der Waals surface area contributed by atoms with Gasteiger partial charge in [-0.2, -0.15) is 0 Å². The second-order valence-electron chi connectivity index (χ2n) is 3.65. The predicted molar refractivity (Wildman–Crippen MR) is 98.8 cm³/mol. The van der Waals surface area contributed by atoms with Crippen molar-refractivity contribution in [2.45, 2.75) is 13.0 Å². The predicted octanol–water partition coefficient (Wildman–Crippen LogP) is 3.84. The Bertz CT molecular complexity index is 511. The molecule has 0 aliphatic rings. The number of hydrogen-bond donors (Lipinski definition) is 2. The highest BCUT2D eigenvalue weighted by atomic mass is 127. The van der Waals surface area contributed by atoms with Crippen molar-refractivity contribution < 1.29 is 0 Å². The van der Waals surface area contributed by atoms with Crippen molar-refractivity contribution >= 4 is 68.5 Å². The molecule has 0 atom stereocenters. The molecule has 2 heterocycles. The van der Waals surface area contributed by atoms with Crippen LogP contribution in [0.2, 0.25) is 0 Å². The third-order valence-corrected chi connectivity index (χ3v) is 5.19. The van der Waals surface area contributed by atoms with Crippen molar-refractivity contribution in [3.63, 3.8) is 0 Å². The molecule has 104 valence electrons. The quantitative estimate of drug-likeness (QED) is 0.395. The minimum absolute atomic E-state index is 0. The topological polar surface area (TPSA) is 50.4 Å². The lowest BCUT2D eigenvalue weighted by Gasteiger charge is -2.04. The van der Waals surface area contributed by atoms with E-state index in [1.807, 2.05) is 11.4 Å². The highest BCUT2D eigenvalue weighted by molar-refractivity contribution is 14.0. The molecule has 2 aromatic heterocycles. The van der Waals surface area contributed by atoms with Crippen molar-refractivity contribution in [1.29, 1.82) is 0 Å². The van der Waals surface area contributed by atoms with E-state index in [4.69, 9.17) is 5.73 Å². The fraction of sp³-hybridized carbons (Fsp3) is 0.250. The molecule has 0 saturated heterocycles. The van der Waals surface area contributed by atoms with Crippen LogP contribution in [0.3, 0.4) is 0 Å². The van der Waals surface area contributed by atoms with Crippen LogP contribution in [0.5, 0.6) is 0 Å². The standard InChI is InChI=1S/C12H14BrN3S2.HI/c13-10-4-7-18-11(10)8-16-12(14)15-5-3-9-2-1-6-17-9;/h1-2,4,6-7H,3,5,8H2,(H3,14,15,16);1H. The van der Waals surface area contributed by atoms with Crippen LogP contribution in [-0.2, 0) is 13.0 Å². The summed E-state index contributed by atoms with van der Waals surface area (Å²) in [5.41, 5.74) is 5.81. The first-order chi connectivity index (χ1) is 8.75. The first kappa shape index (κ1) is 16.9. The van der Waals surface area contributed by atoms with Gasteiger partial charge in [0.2, 0.25) is 0 Å². The number of guanidine groups is 1. The van der Waals surface area contributed by atoms with Crippen LogP contribution in [-0.4, -0.2) is 12.5 Å². The molecule has 19 heavy (non-hydrogen) atoms. The van der Waals surface area contributed by atoms with Gasteiger partial charge in [0.1, 0.15) is 0 Å². The van der Waals surface area contributed by atoms with Gasteiger partial charge >= 0.3 is 0 Å². The van der Waals surface area contributed by atoms with E-state index in [1.165, 1.54) is 9.75 Å². The summed E-state index contributed by atoms with van der Waals surface area (Å²) in [5.74, 6) is 0.506. The highest BCUT2D eigenvalue weighted by Crippen LogP contribution is 2.23. The summed E-state index contributed by atoms with van der Waals surface area (Å²) in [6.07, 6.45) is 0.983. The van der Waals surface area contributed by atoms with Crippen LogP contribution < -0.4 is 11.1 Å². The van der Waals surface area contributed by atoms with Gasteiger partial charge in [-0.3, -0.25) is 0 Å². The van der Waals surface area contributed by atoms with Crippen molar-refractivity contribution in [2.75, 3.05) is 6.54 Å². The van der Waals surface area contributed by atoms with Gasteiger partial charge in [-0.25, -0.2) is 4.99 Å². The van der Waals surface area contributed by atoms with Crippen molar-refractivity contribution in [2.24, 2.45) is 10.7 Å². The number of aliphatic imine (C=N–C) groups is 1. The Morgan fingerprint density at radius 3 is 2.79 bits per heavy atom. The molecule has 3 N–H and O–H groups in total. The maximum atomic E-state index is 5.81. The molecule has 0 radical (unpaired) electrons. The molecule has 0 aromatic carbocycles. The van der Waals surface area contributed by atoms with Crippen LogP contribution in [0, 0.1) is 0 Å². The lowest BCUT2D eigenvalue weighted by molar-refractivity contribution is 0.858. The number of rotatable bonds is 5. The van der Waals surface area contributed by atoms with Crippen LogP contribution in [0.4, 0.5) is 0 Å². The van der Waals surface area contributed by atoms with E-state index in [0.717, 1.165) is 17.4 Å². The minimum atomic E-state index is 0. The summed E-state index contributed by atoms with van der Waals surface area (Å²) >= 11 is 6.92. The molecule has 0 spiro atoms. The zero-order valence-corrected chi connectivity index (χ0v) is 15.7. The first-order valence-electron chi connectivity index (χ1n) is 5.54. The first-order valence-corrected chi connectivity index (χ1v) is 8.09. The van der Waals surface area contributed by atoms with E-state index < -0.39 is 0 Å². The van der Waals surface area contributed by atoms with E-state index in [2.05, 4.69) is 43.8 Å². The fourth-order valence-corrected chi connectivity index (χ4v) is 3.53. The van der Waals surface area contributed by atoms with Crippen molar-refractivity contribution in [3.8, 4) is 0 Å². The smallest absolute Gasteiger partial charge is 0.188 e. The summed E-state index contributed by atoms with van der Waals surface area (Å²) in [7, 11) is 0. The SMILES string of the molecule is I.NC(=NCc1sccc1Br)NCCc1cccs1. The second-order valence-corrected chi connectivity index (χ2v) is 6.54. The number of nitrogens with two attached hydrogens (primary N) is 1. The number of thiophene rings is 2. The molecule has 7 heteroatoms. The largest absolute Gasteiger partial charge is 0.370 e.